The third-order valence-corrected chi connectivity index (χ3v) is 5.60. The first-order valence-corrected chi connectivity index (χ1v) is 8.81. The molecule has 20 heavy (non-hydrogen) atoms. The van der Waals surface area contributed by atoms with Crippen LogP contribution in [0.3, 0.4) is 0 Å². The summed E-state index contributed by atoms with van der Waals surface area (Å²) in [5.74, 6) is -1.59. The number of carbonyl (C=O) groups is 1. The maximum atomic E-state index is 12.2. The SMILES string of the molecule is CCc1nn(C)c(CS(=O)(=O)CC(C)C(=O)OC)c1Br. The first-order chi connectivity index (χ1) is 9.21. The first kappa shape index (κ1) is 17.2. The van der Waals surface area contributed by atoms with E-state index in [9.17, 15) is 13.2 Å². The minimum atomic E-state index is -3.42. The number of carbonyl (C=O) groups excluding carboxylic acids is 1. The van der Waals surface area contributed by atoms with E-state index in [0.717, 1.165) is 10.2 Å². The number of hydrogen-bond acceptors (Lipinski definition) is 5. The van der Waals surface area contributed by atoms with Gasteiger partial charge in [0.25, 0.3) is 0 Å². The van der Waals surface area contributed by atoms with Crippen molar-refractivity contribution in [1.29, 1.82) is 0 Å². The van der Waals surface area contributed by atoms with Crippen LogP contribution in [0, 0.1) is 5.92 Å². The van der Waals surface area contributed by atoms with Crippen molar-refractivity contribution >= 4 is 31.7 Å². The topological polar surface area (TPSA) is 78.3 Å². The number of rotatable bonds is 6. The third kappa shape index (κ3) is 4.05. The summed E-state index contributed by atoms with van der Waals surface area (Å²) in [5, 5.41) is 4.26. The van der Waals surface area contributed by atoms with Gasteiger partial charge in [0.05, 0.1) is 40.4 Å². The quantitative estimate of drug-likeness (QED) is 0.712. The summed E-state index contributed by atoms with van der Waals surface area (Å²) in [6, 6.07) is 0. The lowest BCUT2D eigenvalue weighted by atomic mass is 10.2. The van der Waals surface area contributed by atoms with Crippen LogP contribution < -0.4 is 0 Å². The summed E-state index contributed by atoms with van der Waals surface area (Å²) in [7, 11) is -0.467. The molecule has 0 aliphatic heterocycles. The zero-order chi connectivity index (χ0) is 15.5. The lowest BCUT2D eigenvalue weighted by molar-refractivity contribution is -0.144. The van der Waals surface area contributed by atoms with Crippen molar-refractivity contribution < 1.29 is 17.9 Å². The lowest BCUT2D eigenvalue weighted by Crippen LogP contribution is -2.24. The fourth-order valence-corrected chi connectivity index (χ4v) is 4.60. The van der Waals surface area contributed by atoms with Gasteiger partial charge in [-0.2, -0.15) is 5.10 Å². The van der Waals surface area contributed by atoms with E-state index in [1.165, 1.54) is 7.11 Å². The predicted octanol–water partition coefficient (Wildman–Crippen LogP) is 1.47. The lowest BCUT2D eigenvalue weighted by Gasteiger charge is -2.10. The van der Waals surface area contributed by atoms with Gasteiger partial charge in [0.1, 0.15) is 0 Å². The Morgan fingerprint density at radius 3 is 2.55 bits per heavy atom. The van der Waals surface area contributed by atoms with Crippen LogP contribution in [-0.4, -0.2) is 37.0 Å². The van der Waals surface area contributed by atoms with E-state index in [1.807, 2.05) is 6.92 Å². The van der Waals surface area contributed by atoms with Gasteiger partial charge in [0.15, 0.2) is 9.84 Å². The van der Waals surface area contributed by atoms with Crippen LogP contribution in [0.5, 0.6) is 0 Å². The molecule has 6 nitrogen and oxygen atoms in total. The van der Waals surface area contributed by atoms with Gasteiger partial charge in [-0.1, -0.05) is 13.8 Å². The standard InChI is InChI=1S/C12H19BrN2O4S/c1-5-9-11(13)10(15(3)14-9)7-20(17,18)6-8(2)12(16)19-4/h8H,5-7H2,1-4H3. The molecule has 1 aromatic heterocycles. The number of halogens is 1. The minimum absolute atomic E-state index is 0.154. The molecular formula is C12H19BrN2O4S. The van der Waals surface area contributed by atoms with Crippen LogP contribution in [0.2, 0.25) is 0 Å². The molecule has 0 saturated heterocycles. The second kappa shape index (κ2) is 6.71. The van der Waals surface area contributed by atoms with E-state index in [2.05, 4.69) is 25.8 Å². The summed E-state index contributed by atoms with van der Waals surface area (Å²) in [6.07, 6.45) is 0.715. The molecule has 0 spiro atoms. The number of aryl methyl sites for hydroxylation is 2. The molecule has 1 aromatic rings. The van der Waals surface area contributed by atoms with Crippen molar-refractivity contribution in [2.24, 2.45) is 13.0 Å². The van der Waals surface area contributed by atoms with Crippen LogP contribution in [0.15, 0.2) is 4.47 Å². The second-order valence-electron chi connectivity index (χ2n) is 4.66. The molecule has 1 atom stereocenters. The van der Waals surface area contributed by atoms with Crippen LogP contribution in [-0.2, 0) is 38.6 Å². The maximum absolute atomic E-state index is 12.2. The highest BCUT2D eigenvalue weighted by Gasteiger charge is 2.25. The summed E-state index contributed by atoms with van der Waals surface area (Å²) in [5.41, 5.74) is 1.41. The largest absolute Gasteiger partial charge is 0.469 e. The van der Waals surface area contributed by atoms with Crippen molar-refractivity contribution in [2.45, 2.75) is 26.0 Å². The highest BCUT2D eigenvalue weighted by molar-refractivity contribution is 9.10. The Kier molecular flexibility index (Phi) is 5.76. The molecule has 1 rings (SSSR count). The number of nitrogens with zero attached hydrogens (tertiary/aromatic N) is 2. The van der Waals surface area contributed by atoms with Crippen molar-refractivity contribution in [3.05, 3.63) is 15.9 Å². The monoisotopic (exact) mass is 366 g/mol. The minimum Gasteiger partial charge on any atom is -0.469 e. The molecule has 114 valence electrons. The fourth-order valence-electron chi connectivity index (χ4n) is 1.89. The Labute approximate surface area is 127 Å². The van der Waals surface area contributed by atoms with Crippen molar-refractivity contribution in [2.75, 3.05) is 12.9 Å². The van der Waals surface area contributed by atoms with Gasteiger partial charge < -0.3 is 4.74 Å². The molecule has 8 heteroatoms. The zero-order valence-corrected chi connectivity index (χ0v) is 14.4. The summed E-state index contributed by atoms with van der Waals surface area (Å²) < 4.78 is 31.2. The summed E-state index contributed by atoms with van der Waals surface area (Å²) >= 11 is 3.38. The number of esters is 1. The molecule has 0 saturated carbocycles. The second-order valence-corrected chi connectivity index (χ2v) is 7.57. The average Bonchev–Trinajstić information content (AvgIpc) is 2.64. The van der Waals surface area contributed by atoms with Gasteiger partial charge in [-0.3, -0.25) is 9.48 Å². The van der Waals surface area contributed by atoms with Crippen molar-refractivity contribution in [1.82, 2.24) is 9.78 Å². The molecule has 0 N–H and O–H groups in total. The number of sulfone groups is 1. The van der Waals surface area contributed by atoms with Gasteiger partial charge in [-0.05, 0) is 22.4 Å². The Bertz CT molecular complexity index is 595. The number of ether oxygens (including phenoxy) is 1. The van der Waals surface area contributed by atoms with Crippen molar-refractivity contribution in [3.8, 4) is 0 Å². The van der Waals surface area contributed by atoms with Gasteiger partial charge in [-0.25, -0.2) is 8.42 Å². The average molecular weight is 367 g/mol. The predicted molar refractivity (Wildman–Crippen MR) is 79.0 cm³/mol. The van der Waals surface area contributed by atoms with Crippen LogP contribution >= 0.6 is 15.9 Å². The molecule has 0 aromatic carbocycles. The van der Waals surface area contributed by atoms with E-state index in [4.69, 9.17) is 0 Å². The number of aromatic nitrogens is 2. The molecule has 0 amide bonds. The molecule has 0 radical (unpaired) electrons. The van der Waals surface area contributed by atoms with Gasteiger partial charge in [-0.15, -0.1) is 0 Å². The third-order valence-electron chi connectivity index (χ3n) is 2.97. The zero-order valence-electron chi connectivity index (χ0n) is 12.0. The summed E-state index contributed by atoms with van der Waals surface area (Å²) in [6.45, 7) is 3.49. The van der Waals surface area contributed by atoms with Gasteiger partial charge in [0.2, 0.25) is 0 Å². The molecular weight excluding hydrogens is 348 g/mol. The van der Waals surface area contributed by atoms with Crippen LogP contribution in [0.1, 0.15) is 25.2 Å². The Morgan fingerprint density at radius 1 is 1.50 bits per heavy atom. The van der Waals surface area contributed by atoms with Gasteiger partial charge >= 0.3 is 5.97 Å². The molecule has 1 unspecified atom stereocenters. The smallest absolute Gasteiger partial charge is 0.309 e. The van der Waals surface area contributed by atoms with Crippen LogP contribution in [0.4, 0.5) is 0 Å². The maximum Gasteiger partial charge on any atom is 0.309 e. The Hall–Kier alpha value is -0.890. The van der Waals surface area contributed by atoms with E-state index < -0.39 is 21.7 Å². The molecule has 0 fully saturated rings. The van der Waals surface area contributed by atoms with Crippen molar-refractivity contribution in [3.63, 3.8) is 0 Å². The highest BCUT2D eigenvalue weighted by Crippen LogP contribution is 2.24. The van der Waals surface area contributed by atoms with Crippen LogP contribution in [0.25, 0.3) is 0 Å². The Balaban J connectivity index is 2.92. The van der Waals surface area contributed by atoms with E-state index >= 15 is 0 Å². The van der Waals surface area contributed by atoms with E-state index in [-0.39, 0.29) is 11.5 Å². The van der Waals surface area contributed by atoms with Gasteiger partial charge in [0, 0.05) is 7.05 Å². The number of methoxy groups -OCH3 is 1. The Morgan fingerprint density at radius 2 is 2.10 bits per heavy atom. The molecule has 0 aliphatic rings. The summed E-state index contributed by atoms with van der Waals surface area (Å²) in [4.78, 5) is 11.3. The first-order valence-electron chi connectivity index (χ1n) is 6.20. The molecule has 1 heterocycles. The molecule has 0 aliphatic carbocycles. The number of hydrogen-bond donors (Lipinski definition) is 0. The van der Waals surface area contributed by atoms with E-state index in [0.29, 0.717) is 12.1 Å². The highest BCUT2D eigenvalue weighted by atomic mass is 79.9. The van der Waals surface area contributed by atoms with E-state index in [1.54, 1.807) is 18.7 Å². The molecule has 0 bridgehead atoms. The fraction of sp³-hybridized carbons (Fsp3) is 0.667. The normalized spacial score (nSPS) is 13.2.